The number of phenols is 1. The van der Waals surface area contributed by atoms with Crippen LogP contribution in [-0.4, -0.2) is 16.5 Å². The number of hydrogen-bond donors (Lipinski definition) is 1. The Morgan fingerprint density at radius 1 is 0.720 bits per heavy atom. The maximum atomic E-state index is 10.3. The second-order valence-corrected chi connectivity index (χ2v) is 6.24. The monoisotopic (exact) mass is 346 g/mol. The van der Waals surface area contributed by atoms with Crippen LogP contribution in [0.3, 0.4) is 0 Å². The van der Waals surface area contributed by atoms with Gasteiger partial charge in [0.15, 0.2) is 0 Å². The Morgan fingerprint density at radius 3 is 2.00 bits per heavy atom. The summed E-state index contributed by atoms with van der Waals surface area (Å²) in [6.07, 6.45) is 0.522. The van der Waals surface area contributed by atoms with Gasteiger partial charge in [0.05, 0.1) is 22.8 Å². The van der Waals surface area contributed by atoms with Gasteiger partial charge < -0.3 is 5.11 Å². The van der Waals surface area contributed by atoms with E-state index in [1.165, 1.54) is 0 Å². The number of aliphatic imine (C=N–C) groups is 2. The fourth-order valence-corrected chi connectivity index (χ4v) is 2.99. The van der Waals surface area contributed by atoms with E-state index in [4.69, 9.17) is 21.6 Å². The molecule has 122 valence electrons. The Labute approximate surface area is 151 Å². The standard InChI is InChI=1S/C21H15ClN2O/c22-15-11-9-14(10-12-15)19-13-20(16-5-1-4-8-21(16)25)24-18-7-3-2-6-17(18)23-19/h1-12,25H,13H2. The van der Waals surface area contributed by atoms with Crippen molar-refractivity contribution < 1.29 is 5.11 Å². The Kier molecular flexibility index (Phi) is 4.08. The average Bonchev–Trinajstić information content (AvgIpc) is 2.82. The zero-order valence-electron chi connectivity index (χ0n) is 13.4. The van der Waals surface area contributed by atoms with Gasteiger partial charge in [-0.2, -0.15) is 0 Å². The van der Waals surface area contributed by atoms with Crippen molar-refractivity contribution in [3.8, 4) is 5.75 Å². The molecule has 3 nitrogen and oxygen atoms in total. The molecule has 0 radical (unpaired) electrons. The number of hydrogen-bond acceptors (Lipinski definition) is 3. The molecule has 0 atom stereocenters. The quantitative estimate of drug-likeness (QED) is 0.636. The molecule has 0 saturated heterocycles. The minimum Gasteiger partial charge on any atom is -0.507 e. The van der Waals surface area contributed by atoms with Crippen molar-refractivity contribution in [2.75, 3.05) is 0 Å². The minimum absolute atomic E-state index is 0.219. The molecule has 0 aromatic heterocycles. The van der Waals surface area contributed by atoms with Gasteiger partial charge in [-0.25, -0.2) is 0 Å². The number of halogens is 1. The van der Waals surface area contributed by atoms with Crippen LogP contribution in [0.25, 0.3) is 0 Å². The van der Waals surface area contributed by atoms with Gasteiger partial charge in [0.1, 0.15) is 5.75 Å². The highest BCUT2D eigenvalue weighted by molar-refractivity contribution is 6.30. The van der Waals surface area contributed by atoms with E-state index in [0.29, 0.717) is 11.4 Å². The molecule has 3 aromatic carbocycles. The molecule has 1 N–H and O–H groups in total. The first-order chi connectivity index (χ1) is 12.2. The third-order valence-corrected chi connectivity index (χ3v) is 4.37. The largest absolute Gasteiger partial charge is 0.507 e. The Morgan fingerprint density at radius 2 is 1.32 bits per heavy atom. The van der Waals surface area contributed by atoms with Gasteiger partial charge in [-0.1, -0.05) is 48.0 Å². The van der Waals surface area contributed by atoms with Crippen molar-refractivity contribution in [2.45, 2.75) is 6.42 Å². The lowest BCUT2D eigenvalue weighted by molar-refractivity contribution is 0.474. The lowest BCUT2D eigenvalue weighted by Crippen LogP contribution is -2.10. The van der Waals surface area contributed by atoms with Crippen LogP contribution in [0.5, 0.6) is 5.75 Å². The third kappa shape index (κ3) is 3.19. The summed E-state index contributed by atoms with van der Waals surface area (Å²) >= 11 is 6.01. The molecule has 1 aliphatic heterocycles. The SMILES string of the molecule is Oc1ccccc1C1=Nc2ccccc2N=C(c2ccc(Cl)cc2)C1. The molecule has 4 heteroatoms. The van der Waals surface area contributed by atoms with Crippen molar-refractivity contribution in [1.82, 2.24) is 0 Å². The first kappa shape index (κ1) is 15.6. The Hall–Kier alpha value is -2.91. The molecule has 0 unspecified atom stereocenters. The van der Waals surface area contributed by atoms with Crippen LogP contribution in [0.1, 0.15) is 17.5 Å². The van der Waals surface area contributed by atoms with Crippen LogP contribution in [0, 0.1) is 0 Å². The second-order valence-electron chi connectivity index (χ2n) is 5.81. The van der Waals surface area contributed by atoms with E-state index >= 15 is 0 Å². The zero-order valence-corrected chi connectivity index (χ0v) is 14.1. The summed E-state index contributed by atoms with van der Waals surface area (Å²) in [4.78, 5) is 9.60. The van der Waals surface area contributed by atoms with Crippen molar-refractivity contribution in [3.63, 3.8) is 0 Å². The summed E-state index contributed by atoms with van der Waals surface area (Å²) in [5, 5.41) is 10.9. The molecule has 0 aliphatic carbocycles. The van der Waals surface area contributed by atoms with Crippen LogP contribution in [0.15, 0.2) is 82.8 Å². The molecule has 0 bridgehead atoms. The summed E-state index contributed by atoms with van der Waals surface area (Å²) in [5.74, 6) is 0.219. The first-order valence-electron chi connectivity index (χ1n) is 7.99. The van der Waals surface area contributed by atoms with E-state index in [1.54, 1.807) is 12.1 Å². The molecule has 0 amide bonds. The number of rotatable bonds is 2. The van der Waals surface area contributed by atoms with Crippen LogP contribution in [-0.2, 0) is 0 Å². The predicted molar refractivity (Wildman–Crippen MR) is 103 cm³/mol. The number of benzene rings is 3. The number of aromatic hydroxyl groups is 1. The van der Waals surface area contributed by atoms with Gasteiger partial charge >= 0.3 is 0 Å². The maximum absolute atomic E-state index is 10.3. The molecule has 0 fully saturated rings. The number of phenolic OH excluding ortho intramolecular Hbond substituents is 1. The molecule has 25 heavy (non-hydrogen) atoms. The van der Waals surface area contributed by atoms with Crippen LogP contribution >= 0.6 is 11.6 Å². The average molecular weight is 347 g/mol. The van der Waals surface area contributed by atoms with Gasteiger partial charge in [0, 0.05) is 17.0 Å². The molecule has 4 rings (SSSR count). The Bertz CT molecular complexity index is 991. The van der Waals surface area contributed by atoms with Crippen LogP contribution in [0.4, 0.5) is 11.4 Å². The van der Waals surface area contributed by atoms with E-state index in [1.807, 2.05) is 60.7 Å². The van der Waals surface area contributed by atoms with Crippen molar-refractivity contribution in [2.24, 2.45) is 9.98 Å². The topological polar surface area (TPSA) is 45.0 Å². The van der Waals surface area contributed by atoms with Crippen LogP contribution in [0.2, 0.25) is 5.02 Å². The highest BCUT2D eigenvalue weighted by Crippen LogP contribution is 2.33. The second kappa shape index (κ2) is 6.54. The molecule has 0 saturated carbocycles. The molecular weight excluding hydrogens is 332 g/mol. The molecule has 0 spiro atoms. The molecule has 3 aromatic rings. The predicted octanol–water partition coefficient (Wildman–Crippen LogP) is 5.69. The highest BCUT2D eigenvalue weighted by Gasteiger charge is 2.18. The maximum Gasteiger partial charge on any atom is 0.124 e. The minimum atomic E-state index is 0.219. The zero-order chi connectivity index (χ0) is 17.2. The number of fused-ring (bicyclic) bond motifs is 1. The normalized spacial score (nSPS) is 13.5. The van der Waals surface area contributed by atoms with Gasteiger partial charge in [0.25, 0.3) is 0 Å². The fraction of sp³-hybridized carbons (Fsp3) is 0.0476. The summed E-state index contributed by atoms with van der Waals surface area (Å²) in [5.41, 5.74) is 5.01. The van der Waals surface area contributed by atoms with Crippen molar-refractivity contribution >= 4 is 34.4 Å². The summed E-state index contributed by atoms with van der Waals surface area (Å²) in [7, 11) is 0. The third-order valence-electron chi connectivity index (χ3n) is 4.12. The van der Waals surface area contributed by atoms with E-state index < -0.39 is 0 Å². The summed E-state index contributed by atoms with van der Waals surface area (Å²) in [6.45, 7) is 0. The van der Waals surface area contributed by atoms with Crippen molar-refractivity contribution in [3.05, 3.63) is 88.9 Å². The van der Waals surface area contributed by atoms with E-state index in [0.717, 1.165) is 33.9 Å². The van der Waals surface area contributed by atoms with Gasteiger partial charge in [0.2, 0.25) is 0 Å². The van der Waals surface area contributed by atoms with Gasteiger partial charge in [-0.3, -0.25) is 9.98 Å². The van der Waals surface area contributed by atoms with Gasteiger partial charge in [-0.05, 0) is 42.0 Å². The van der Waals surface area contributed by atoms with E-state index in [-0.39, 0.29) is 5.75 Å². The molecular formula is C21H15ClN2O. The fourth-order valence-electron chi connectivity index (χ4n) is 2.86. The highest BCUT2D eigenvalue weighted by atomic mass is 35.5. The lowest BCUT2D eigenvalue weighted by atomic mass is 9.99. The van der Waals surface area contributed by atoms with E-state index in [2.05, 4.69) is 0 Å². The first-order valence-corrected chi connectivity index (χ1v) is 8.37. The summed E-state index contributed by atoms with van der Waals surface area (Å²) < 4.78 is 0. The van der Waals surface area contributed by atoms with Gasteiger partial charge in [-0.15, -0.1) is 0 Å². The van der Waals surface area contributed by atoms with Crippen molar-refractivity contribution in [1.29, 1.82) is 0 Å². The Balaban J connectivity index is 1.88. The number of para-hydroxylation sites is 3. The van der Waals surface area contributed by atoms with E-state index in [9.17, 15) is 5.11 Å². The lowest BCUT2D eigenvalue weighted by Gasteiger charge is -2.09. The van der Waals surface area contributed by atoms with Crippen LogP contribution < -0.4 is 0 Å². The molecule has 1 aliphatic rings. The molecule has 1 heterocycles. The smallest absolute Gasteiger partial charge is 0.124 e. The summed E-state index contributed by atoms with van der Waals surface area (Å²) in [6, 6.07) is 22.6. The number of nitrogens with zero attached hydrogens (tertiary/aromatic N) is 2.